The third-order valence-corrected chi connectivity index (χ3v) is 17.6. The minimum atomic E-state index is -4.79. The average molecular weight is 1220 g/mol. The Hall–Kier alpha value is -12.8. The first-order valence-corrected chi connectivity index (χ1v) is 30.6. The molecule has 10 aromatic carbocycles. The summed E-state index contributed by atoms with van der Waals surface area (Å²) in [5.74, 6) is 0. The summed E-state index contributed by atoms with van der Waals surface area (Å²) in [6, 6.07) is 92.8. The fourth-order valence-corrected chi connectivity index (χ4v) is 13.4. The lowest BCUT2D eigenvalue weighted by molar-refractivity contribution is -0.137. The lowest BCUT2D eigenvalue weighted by Gasteiger charge is -2.19. The summed E-state index contributed by atoms with van der Waals surface area (Å²) in [4.78, 5) is 19.6. The smallest absolute Gasteiger partial charge is 0.308 e. The number of benzene rings is 10. The van der Waals surface area contributed by atoms with E-state index in [0.29, 0.717) is 16.9 Å². The Balaban J connectivity index is 1.00. The maximum absolute atomic E-state index is 15.2. The Kier molecular flexibility index (Phi) is 13.9. The molecule has 0 aliphatic rings. The van der Waals surface area contributed by atoms with E-state index in [1.54, 1.807) is 36.9 Å². The van der Waals surface area contributed by atoms with Gasteiger partial charge in [0, 0.05) is 90.8 Å². The van der Waals surface area contributed by atoms with Gasteiger partial charge < -0.3 is 9.13 Å². The van der Waals surface area contributed by atoms with Gasteiger partial charge in [0.05, 0.1) is 73.4 Å². The highest BCUT2D eigenvalue weighted by molar-refractivity contribution is 6.14. The number of alkyl halides is 3. The van der Waals surface area contributed by atoms with E-state index in [1.165, 1.54) is 6.07 Å². The maximum Gasteiger partial charge on any atom is 0.416 e. The van der Waals surface area contributed by atoms with Gasteiger partial charge in [-0.25, -0.2) is 0 Å². The standard InChI is InChI=1S/C83H49F3N8/c84-83(85,86)63-42-52(50-87)41-61(43-63)62-48-77(93-73-33-29-57(64-25-13-37-89-79(64)53-17-5-1-6-18-53)44-68(73)69-45-58(30-34-74(69)93)65-26-14-38-90-80(65)54-19-7-2-8-20-54)72(51-88)78(49-62)94-75-35-31-59(66-27-15-39-91-81(66)55-21-9-3-10-22-55)46-70(75)71-47-60(32-36-76(71)94)67-28-16-40-92-82(67)56-23-11-4-12-24-56/h1-49H. The van der Waals surface area contributed by atoms with Gasteiger partial charge in [-0.2, -0.15) is 23.7 Å². The number of halogens is 3. The van der Waals surface area contributed by atoms with Gasteiger partial charge in [-0.1, -0.05) is 170 Å². The van der Waals surface area contributed by atoms with Crippen LogP contribution < -0.4 is 0 Å². The maximum atomic E-state index is 15.2. The molecule has 0 spiro atoms. The molecule has 0 N–H and O–H groups in total. The van der Waals surface area contributed by atoms with Crippen molar-refractivity contribution in [1.29, 1.82) is 10.5 Å². The SMILES string of the molecule is N#Cc1cc(-c2cc(-n3c4ccc(-c5cccnc5-c5ccccc5)cc4c4cc(-c5cccnc5-c5ccccc5)ccc43)c(C#N)c(-n3c4ccc(-c5cccnc5-c5ccccc5)cc4c4cc(-c5cccnc5-c5ccccc5)ccc43)c2)cc(C(F)(F)F)c1. The molecule has 0 radical (unpaired) electrons. The minimum Gasteiger partial charge on any atom is -0.308 e. The van der Waals surface area contributed by atoms with Gasteiger partial charge in [-0.05, 0) is 137 Å². The first kappa shape index (κ1) is 56.4. The number of fused-ring (bicyclic) bond motifs is 6. The van der Waals surface area contributed by atoms with Gasteiger partial charge in [0.2, 0.25) is 0 Å². The van der Waals surface area contributed by atoms with Crippen molar-refractivity contribution in [3.63, 3.8) is 0 Å². The number of nitriles is 2. The van der Waals surface area contributed by atoms with Crippen LogP contribution in [0, 0.1) is 22.7 Å². The van der Waals surface area contributed by atoms with Gasteiger partial charge >= 0.3 is 6.18 Å². The van der Waals surface area contributed by atoms with E-state index in [9.17, 15) is 10.5 Å². The second-order valence-corrected chi connectivity index (χ2v) is 23.1. The molecule has 0 aliphatic heterocycles. The zero-order valence-corrected chi connectivity index (χ0v) is 50.0. The summed E-state index contributed by atoms with van der Waals surface area (Å²) >= 11 is 0. The van der Waals surface area contributed by atoms with Gasteiger partial charge in [0.15, 0.2) is 0 Å². The Morgan fingerprint density at radius 2 is 0.596 bits per heavy atom. The zero-order valence-electron chi connectivity index (χ0n) is 50.0. The van der Waals surface area contributed by atoms with Crippen molar-refractivity contribution in [2.75, 3.05) is 0 Å². The molecule has 0 atom stereocenters. The van der Waals surface area contributed by atoms with Crippen molar-refractivity contribution in [2.45, 2.75) is 6.18 Å². The molecule has 0 amide bonds. The largest absolute Gasteiger partial charge is 0.416 e. The van der Waals surface area contributed by atoms with Crippen molar-refractivity contribution >= 4 is 43.6 Å². The lowest BCUT2D eigenvalue weighted by atomic mass is 9.96. The predicted octanol–water partition coefficient (Wildman–Crippen LogP) is 21.2. The van der Waals surface area contributed by atoms with Crippen molar-refractivity contribution in [3.8, 4) is 124 Å². The molecule has 16 aromatic rings. The van der Waals surface area contributed by atoms with Gasteiger partial charge in [-0.3, -0.25) is 19.9 Å². The van der Waals surface area contributed by atoms with Crippen LogP contribution >= 0.6 is 0 Å². The van der Waals surface area contributed by atoms with Crippen LogP contribution in [-0.2, 0) is 6.18 Å². The van der Waals surface area contributed by atoms with E-state index in [-0.39, 0.29) is 16.7 Å². The molecule has 0 unspecified atom stereocenters. The first-order chi connectivity index (χ1) is 46.2. The highest BCUT2D eigenvalue weighted by Gasteiger charge is 2.32. The van der Waals surface area contributed by atoms with Crippen LogP contribution in [0.3, 0.4) is 0 Å². The van der Waals surface area contributed by atoms with Crippen LogP contribution in [0.4, 0.5) is 13.2 Å². The Labute approximate surface area is 538 Å². The third-order valence-electron chi connectivity index (χ3n) is 17.6. The van der Waals surface area contributed by atoms with Crippen molar-refractivity contribution < 1.29 is 13.2 Å². The second-order valence-electron chi connectivity index (χ2n) is 23.1. The normalized spacial score (nSPS) is 11.5. The van der Waals surface area contributed by atoms with Crippen LogP contribution in [0.15, 0.2) is 298 Å². The molecule has 0 bridgehead atoms. The second kappa shape index (κ2) is 23.2. The van der Waals surface area contributed by atoms with Crippen LogP contribution in [0.1, 0.15) is 16.7 Å². The number of rotatable bonds is 11. The van der Waals surface area contributed by atoms with E-state index in [4.69, 9.17) is 19.9 Å². The summed E-state index contributed by atoms with van der Waals surface area (Å²) in [7, 11) is 0. The molecule has 16 rings (SSSR count). The third kappa shape index (κ3) is 9.89. The van der Waals surface area contributed by atoms with E-state index in [0.717, 1.165) is 145 Å². The average Bonchev–Trinajstić information content (AvgIpc) is 1.55. The molecular formula is C83H49F3N8. The topological polar surface area (TPSA) is 109 Å². The molecule has 442 valence electrons. The van der Waals surface area contributed by atoms with E-state index in [1.807, 2.05) is 176 Å². The Bertz CT molecular complexity index is 5160. The van der Waals surface area contributed by atoms with Crippen molar-refractivity contribution in [2.24, 2.45) is 0 Å². The summed E-state index contributed by atoms with van der Waals surface area (Å²) in [6.07, 6.45) is 2.37. The molecule has 0 fully saturated rings. The van der Waals surface area contributed by atoms with Crippen molar-refractivity contribution in [3.05, 3.63) is 314 Å². The highest BCUT2D eigenvalue weighted by Crippen LogP contribution is 2.46. The summed E-state index contributed by atoms with van der Waals surface area (Å²) in [5.41, 5.74) is 17.5. The molecule has 0 aliphatic carbocycles. The molecule has 6 aromatic heterocycles. The Morgan fingerprint density at radius 1 is 0.287 bits per heavy atom. The van der Waals surface area contributed by atoms with Gasteiger partial charge in [0.1, 0.15) is 11.6 Å². The fourth-order valence-electron chi connectivity index (χ4n) is 13.4. The molecular weight excluding hydrogens is 1170 g/mol. The molecule has 6 heterocycles. The lowest BCUT2D eigenvalue weighted by Crippen LogP contribution is -2.07. The number of hydrogen-bond acceptors (Lipinski definition) is 6. The van der Waals surface area contributed by atoms with Crippen LogP contribution in [0.25, 0.3) is 156 Å². The number of hydrogen-bond donors (Lipinski definition) is 0. The predicted molar refractivity (Wildman–Crippen MR) is 370 cm³/mol. The number of aromatic nitrogens is 6. The minimum absolute atomic E-state index is 0.138. The van der Waals surface area contributed by atoms with Crippen molar-refractivity contribution in [1.82, 2.24) is 29.1 Å². The molecule has 0 saturated carbocycles. The van der Waals surface area contributed by atoms with Crippen LogP contribution in [0.2, 0.25) is 0 Å². The molecule has 94 heavy (non-hydrogen) atoms. The zero-order chi connectivity index (χ0) is 63.4. The Morgan fingerprint density at radius 3 is 0.883 bits per heavy atom. The number of nitrogens with zero attached hydrogens (tertiary/aromatic N) is 8. The molecule has 11 heteroatoms. The first-order valence-electron chi connectivity index (χ1n) is 30.6. The molecule has 8 nitrogen and oxygen atoms in total. The summed E-state index contributed by atoms with van der Waals surface area (Å²) in [6.45, 7) is 0. The van der Waals surface area contributed by atoms with Crippen LogP contribution in [-0.4, -0.2) is 29.1 Å². The molecule has 0 saturated heterocycles. The van der Waals surface area contributed by atoms with Gasteiger partial charge in [-0.15, -0.1) is 0 Å². The summed E-state index contributed by atoms with van der Waals surface area (Å²) < 4.78 is 49.6. The highest BCUT2D eigenvalue weighted by atomic mass is 19.4. The monoisotopic (exact) mass is 1210 g/mol. The van der Waals surface area contributed by atoms with E-state index < -0.39 is 11.7 Å². The van der Waals surface area contributed by atoms with E-state index >= 15 is 13.2 Å². The summed E-state index contributed by atoms with van der Waals surface area (Å²) in [5, 5.41) is 26.0. The van der Waals surface area contributed by atoms with Gasteiger partial charge in [0.25, 0.3) is 0 Å². The quantitative estimate of drug-likeness (QED) is 0.128. The van der Waals surface area contributed by atoms with E-state index in [2.05, 4.69) is 88.0 Å². The fraction of sp³-hybridized carbons (Fsp3) is 0.0120. The van der Waals surface area contributed by atoms with Crippen LogP contribution in [0.5, 0.6) is 0 Å². The number of pyridine rings is 4.